The average molecular weight is 558 g/mol. The molecule has 0 atom stereocenters. The van der Waals surface area contributed by atoms with Crippen molar-refractivity contribution < 1.29 is 23.4 Å². The fourth-order valence-electron chi connectivity index (χ4n) is 3.78. The highest BCUT2D eigenvalue weighted by Gasteiger charge is 2.33. The van der Waals surface area contributed by atoms with Crippen molar-refractivity contribution in [2.24, 2.45) is 0 Å². The third-order valence-corrected chi connectivity index (χ3v) is 6.49. The molecule has 13 heteroatoms. The summed E-state index contributed by atoms with van der Waals surface area (Å²) in [6.45, 7) is 5.70. The molecule has 0 saturated heterocycles. The van der Waals surface area contributed by atoms with E-state index >= 15 is 0 Å². The molecule has 4 rings (SSSR count). The highest BCUT2D eigenvalue weighted by atomic mass is 35.5. The molecule has 1 N–H and O–H groups in total. The standard InChI is InChI=1S/C26H22ClF2N5O5/c1-13-8-32-21(33-12-30-10-16(23(33)35)26(3,4)25(37)38)7-19(13)34-14(2)5-20(22(27)24(34)36)39-11-18-17(29)6-15(28)9-31-18/h5-10,12H,11H2,1-4H3,(H,37,38). The first-order chi connectivity index (χ1) is 18.3. The molecule has 0 aliphatic carbocycles. The lowest BCUT2D eigenvalue weighted by molar-refractivity contribution is -0.142. The average Bonchev–Trinajstić information content (AvgIpc) is 2.87. The molecule has 4 aromatic rings. The number of halogens is 3. The van der Waals surface area contributed by atoms with Gasteiger partial charge in [0.05, 0.1) is 22.9 Å². The Labute approximate surface area is 225 Å². The van der Waals surface area contributed by atoms with E-state index in [1.165, 1.54) is 49.3 Å². The molecule has 0 fully saturated rings. The van der Waals surface area contributed by atoms with Crippen molar-refractivity contribution >= 4 is 17.6 Å². The van der Waals surface area contributed by atoms with Gasteiger partial charge in [-0.15, -0.1) is 0 Å². The summed E-state index contributed by atoms with van der Waals surface area (Å²) in [5, 5.41) is 9.26. The van der Waals surface area contributed by atoms with Gasteiger partial charge in [-0.3, -0.25) is 28.5 Å². The van der Waals surface area contributed by atoms with Crippen molar-refractivity contribution in [1.82, 2.24) is 24.1 Å². The summed E-state index contributed by atoms with van der Waals surface area (Å²) in [4.78, 5) is 50.1. The van der Waals surface area contributed by atoms with Crippen LogP contribution in [0.1, 0.15) is 36.4 Å². The maximum atomic E-state index is 13.9. The van der Waals surface area contributed by atoms with Gasteiger partial charge in [0.2, 0.25) is 0 Å². The van der Waals surface area contributed by atoms with E-state index in [1.54, 1.807) is 13.8 Å². The van der Waals surface area contributed by atoms with Gasteiger partial charge in [-0.05, 0) is 33.3 Å². The molecule has 0 spiro atoms. The highest BCUT2D eigenvalue weighted by molar-refractivity contribution is 6.31. The third-order valence-electron chi connectivity index (χ3n) is 6.14. The molecule has 39 heavy (non-hydrogen) atoms. The fourth-order valence-corrected chi connectivity index (χ4v) is 3.97. The minimum absolute atomic E-state index is 0.0307. The molecular formula is C26H22ClF2N5O5. The Morgan fingerprint density at radius 2 is 1.79 bits per heavy atom. The molecule has 4 heterocycles. The van der Waals surface area contributed by atoms with Crippen molar-refractivity contribution in [2.75, 3.05) is 0 Å². The molecule has 4 aromatic heterocycles. The number of carboxylic acids is 1. The van der Waals surface area contributed by atoms with Crippen molar-refractivity contribution in [3.05, 3.63) is 103 Å². The first kappa shape index (κ1) is 27.6. The van der Waals surface area contributed by atoms with Crippen LogP contribution in [0, 0.1) is 25.5 Å². The lowest BCUT2D eigenvalue weighted by atomic mass is 9.86. The Bertz CT molecular complexity index is 1740. The maximum absolute atomic E-state index is 13.9. The summed E-state index contributed by atoms with van der Waals surface area (Å²) in [5.74, 6) is -2.88. The first-order valence-electron chi connectivity index (χ1n) is 11.5. The van der Waals surface area contributed by atoms with Crippen LogP contribution >= 0.6 is 11.6 Å². The molecule has 0 aromatic carbocycles. The number of hydrogen-bond donors (Lipinski definition) is 1. The Balaban J connectivity index is 1.76. The number of nitrogens with zero attached hydrogens (tertiary/aromatic N) is 5. The van der Waals surface area contributed by atoms with Crippen molar-refractivity contribution in [1.29, 1.82) is 0 Å². The smallest absolute Gasteiger partial charge is 0.313 e. The SMILES string of the molecule is Cc1cnc(-n2cncc(C(C)(C)C(=O)O)c2=O)cc1-n1c(C)cc(OCc2ncc(F)cc2F)c(Cl)c1=O. The highest BCUT2D eigenvalue weighted by Crippen LogP contribution is 2.26. The number of carbonyl (C=O) groups is 1. The number of aromatic nitrogens is 5. The fraction of sp³-hybridized carbons (Fsp3) is 0.231. The van der Waals surface area contributed by atoms with Gasteiger partial charge in [-0.25, -0.2) is 18.7 Å². The molecule has 0 saturated carbocycles. The normalized spacial score (nSPS) is 11.5. The van der Waals surface area contributed by atoms with E-state index in [1.807, 2.05) is 0 Å². The molecule has 0 aliphatic rings. The molecule has 202 valence electrons. The maximum Gasteiger partial charge on any atom is 0.313 e. The van der Waals surface area contributed by atoms with Crippen LogP contribution in [0.25, 0.3) is 11.5 Å². The van der Waals surface area contributed by atoms with Crippen LogP contribution in [-0.2, 0) is 16.8 Å². The van der Waals surface area contributed by atoms with Gasteiger partial charge in [0, 0.05) is 36.3 Å². The number of carboxylic acid groups (broad SMARTS) is 1. The summed E-state index contributed by atoms with van der Waals surface area (Å²) in [5.41, 5.74) is -1.73. The number of rotatable bonds is 7. The zero-order valence-electron chi connectivity index (χ0n) is 21.2. The van der Waals surface area contributed by atoms with Crippen LogP contribution in [0.2, 0.25) is 5.02 Å². The van der Waals surface area contributed by atoms with E-state index in [0.29, 0.717) is 23.0 Å². The largest absolute Gasteiger partial charge is 0.485 e. The lowest BCUT2D eigenvalue weighted by Crippen LogP contribution is -2.37. The van der Waals surface area contributed by atoms with Gasteiger partial charge >= 0.3 is 5.97 Å². The van der Waals surface area contributed by atoms with Gasteiger partial charge in [-0.1, -0.05) is 11.6 Å². The van der Waals surface area contributed by atoms with E-state index in [9.17, 15) is 28.3 Å². The molecule has 0 unspecified atom stereocenters. The summed E-state index contributed by atoms with van der Waals surface area (Å²) in [7, 11) is 0. The number of ether oxygens (including phenoxy) is 1. The van der Waals surface area contributed by atoms with Gasteiger partial charge in [0.25, 0.3) is 11.1 Å². The first-order valence-corrected chi connectivity index (χ1v) is 11.8. The Hall–Kier alpha value is -4.45. The van der Waals surface area contributed by atoms with Gasteiger partial charge in [-0.2, -0.15) is 0 Å². The summed E-state index contributed by atoms with van der Waals surface area (Å²) >= 11 is 6.32. The van der Waals surface area contributed by atoms with Crippen LogP contribution in [0.5, 0.6) is 5.75 Å². The molecular weight excluding hydrogens is 536 g/mol. The molecule has 0 amide bonds. The Morgan fingerprint density at radius 1 is 1.08 bits per heavy atom. The number of hydrogen-bond acceptors (Lipinski definition) is 7. The summed E-state index contributed by atoms with van der Waals surface area (Å²) in [6.07, 6.45) is 4.69. The predicted octanol–water partition coefficient (Wildman–Crippen LogP) is 3.66. The second kappa shape index (κ2) is 10.4. The van der Waals surface area contributed by atoms with Crippen molar-refractivity contribution in [3.63, 3.8) is 0 Å². The van der Waals surface area contributed by atoms with Crippen LogP contribution < -0.4 is 15.9 Å². The van der Waals surface area contributed by atoms with Gasteiger partial charge in [0.15, 0.2) is 5.82 Å². The number of aryl methyl sites for hydroxylation is 2. The van der Waals surface area contributed by atoms with E-state index in [-0.39, 0.29) is 27.8 Å². The molecule has 0 bridgehead atoms. The monoisotopic (exact) mass is 557 g/mol. The zero-order chi connectivity index (χ0) is 28.6. The Morgan fingerprint density at radius 3 is 2.46 bits per heavy atom. The molecule has 10 nitrogen and oxygen atoms in total. The van der Waals surface area contributed by atoms with Crippen LogP contribution in [0.15, 0.2) is 52.7 Å². The number of aliphatic carboxylic acids is 1. The van der Waals surface area contributed by atoms with Gasteiger partial charge in [0.1, 0.15) is 41.0 Å². The second-order valence-electron chi connectivity index (χ2n) is 9.22. The van der Waals surface area contributed by atoms with E-state index in [0.717, 1.165) is 10.8 Å². The van der Waals surface area contributed by atoms with E-state index in [2.05, 4.69) is 15.0 Å². The van der Waals surface area contributed by atoms with Crippen molar-refractivity contribution in [3.8, 4) is 17.3 Å². The molecule has 0 radical (unpaired) electrons. The topological polar surface area (TPSA) is 129 Å². The quantitative estimate of drug-likeness (QED) is 0.364. The third kappa shape index (κ3) is 5.15. The van der Waals surface area contributed by atoms with Crippen LogP contribution in [0.3, 0.4) is 0 Å². The minimum Gasteiger partial charge on any atom is -0.485 e. The van der Waals surface area contributed by atoms with Crippen LogP contribution in [-0.4, -0.2) is 35.2 Å². The summed E-state index contributed by atoms with van der Waals surface area (Å²) in [6, 6.07) is 3.60. The number of pyridine rings is 3. The second-order valence-corrected chi connectivity index (χ2v) is 9.59. The van der Waals surface area contributed by atoms with Crippen molar-refractivity contribution in [2.45, 2.75) is 39.7 Å². The van der Waals surface area contributed by atoms with Crippen LogP contribution in [0.4, 0.5) is 8.78 Å². The van der Waals surface area contributed by atoms with E-state index < -0.39 is 40.7 Å². The lowest BCUT2D eigenvalue weighted by Gasteiger charge is -2.20. The summed E-state index contributed by atoms with van der Waals surface area (Å²) < 4.78 is 34.9. The zero-order valence-corrected chi connectivity index (χ0v) is 22.0. The predicted molar refractivity (Wildman–Crippen MR) is 137 cm³/mol. The minimum atomic E-state index is -1.51. The molecule has 0 aliphatic heterocycles. The Kier molecular flexibility index (Phi) is 7.33. The van der Waals surface area contributed by atoms with Gasteiger partial charge < -0.3 is 9.84 Å². The van der Waals surface area contributed by atoms with E-state index in [4.69, 9.17) is 16.3 Å².